The number of hydrogen-bond acceptors (Lipinski definition) is 2. The van der Waals surface area contributed by atoms with Crippen molar-refractivity contribution in [2.45, 2.75) is 12.9 Å². The second-order valence-electron chi connectivity index (χ2n) is 2.81. The molecule has 0 aliphatic heterocycles. The molecule has 0 spiro atoms. The zero-order valence-corrected chi connectivity index (χ0v) is 7.24. The summed E-state index contributed by atoms with van der Waals surface area (Å²) in [6, 6.07) is 1.95. The highest BCUT2D eigenvalue weighted by Gasteiger charge is 2.18. The third kappa shape index (κ3) is 1.64. The van der Waals surface area contributed by atoms with E-state index in [1.54, 1.807) is 0 Å². The first-order valence-corrected chi connectivity index (χ1v) is 4.00. The smallest absolute Gasteiger partial charge is 0.228 e. The molecule has 80 valence electrons. The molecule has 7 heteroatoms. The lowest BCUT2D eigenvalue weighted by molar-refractivity contribution is 0.135. The number of rotatable bonds is 2. The zero-order chi connectivity index (χ0) is 11.0. The Balaban J connectivity index is 2.69. The van der Waals surface area contributed by atoms with Crippen LogP contribution in [0.3, 0.4) is 0 Å². The predicted molar refractivity (Wildman–Crippen MR) is 42.9 cm³/mol. The van der Waals surface area contributed by atoms with Crippen LogP contribution in [0, 0.1) is 0 Å². The van der Waals surface area contributed by atoms with Crippen LogP contribution in [0.25, 0.3) is 5.65 Å². The van der Waals surface area contributed by atoms with Gasteiger partial charge in [-0.25, -0.2) is 27.1 Å². The molecule has 0 aliphatic rings. The van der Waals surface area contributed by atoms with Gasteiger partial charge in [-0.15, -0.1) is 0 Å². The van der Waals surface area contributed by atoms with Crippen molar-refractivity contribution in [1.82, 2.24) is 14.6 Å². The van der Waals surface area contributed by atoms with E-state index in [9.17, 15) is 17.6 Å². The van der Waals surface area contributed by atoms with Gasteiger partial charge in [-0.2, -0.15) is 5.10 Å². The van der Waals surface area contributed by atoms with Crippen LogP contribution in [0.4, 0.5) is 17.6 Å². The average Bonchev–Trinajstić information content (AvgIpc) is 2.62. The molecular formula is C8H5F4N3. The second kappa shape index (κ2) is 3.48. The first-order valence-electron chi connectivity index (χ1n) is 4.00. The topological polar surface area (TPSA) is 30.2 Å². The van der Waals surface area contributed by atoms with Gasteiger partial charge in [-0.3, -0.25) is 0 Å². The van der Waals surface area contributed by atoms with E-state index in [4.69, 9.17) is 0 Å². The van der Waals surface area contributed by atoms with Crippen LogP contribution in [-0.4, -0.2) is 14.6 Å². The number of nitrogens with zero attached hydrogens (tertiary/aromatic N) is 3. The number of hydrogen-bond donors (Lipinski definition) is 0. The predicted octanol–water partition coefficient (Wildman–Crippen LogP) is 2.60. The van der Waals surface area contributed by atoms with Crippen molar-refractivity contribution >= 4 is 5.65 Å². The minimum atomic E-state index is -2.87. The molecule has 0 fully saturated rings. The summed E-state index contributed by atoms with van der Waals surface area (Å²) >= 11 is 0. The Hall–Kier alpha value is -1.66. The molecule has 0 saturated heterocycles. The van der Waals surface area contributed by atoms with Crippen molar-refractivity contribution in [3.63, 3.8) is 0 Å². The van der Waals surface area contributed by atoms with E-state index in [-0.39, 0.29) is 5.65 Å². The van der Waals surface area contributed by atoms with Gasteiger partial charge in [-0.1, -0.05) is 0 Å². The lowest BCUT2D eigenvalue weighted by atomic mass is 10.3. The standard InChI is InChI=1S/C8H5F4N3/c9-7(10)4-3-5(8(11)12)15-6(14-4)1-2-13-15/h1-3,7-8H. The van der Waals surface area contributed by atoms with Gasteiger partial charge in [0.1, 0.15) is 11.4 Å². The van der Waals surface area contributed by atoms with E-state index < -0.39 is 24.2 Å². The number of alkyl halides is 4. The van der Waals surface area contributed by atoms with Crippen LogP contribution in [-0.2, 0) is 0 Å². The monoisotopic (exact) mass is 219 g/mol. The minimum absolute atomic E-state index is 0.0110. The molecule has 0 aliphatic carbocycles. The van der Waals surface area contributed by atoms with Crippen molar-refractivity contribution in [3.8, 4) is 0 Å². The Morgan fingerprint density at radius 3 is 2.47 bits per heavy atom. The van der Waals surface area contributed by atoms with Gasteiger partial charge in [0.05, 0.1) is 6.20 Å². The molecule has 2 heterocycles. The SMILES string of the molecule is FC(F)c1cc(C(F)F)n2nccc2n1. The Morgan fingerprint density at radius 1 is 1.13 bits per heavy atom. The number of fused-ring (bicyclic) bond motifs is 1. The fraction of sp³-hybridized carbons (Fsp3) is 0.250. The molecule has 2 aromatic heterocycles. The van der Waals surface area contributed by atoms with Gasteiger partial charge < -0.3 is 0 Å². The first kappa shape index (κ1) is 9.88. The van der Waals surface area contributed by atoms with E-state index in [0.717, 1.165) is 4.52 Å². The average molecular weight is 219 g/mol. The Morgan fingerprint density at radius 2 is 1.87 bits per heavy atom. The molecule has 0 N–H and O–H groups in total. The van der Waals surface area contributed by atoms with Crippen molar-refractivity contribution in [3.05, 3.63) is 29.7 Å². The molecule has 3 nitrogen and oxygen atoms in total. The number of halogens is 4. The van der Waals surface area contributed by atoms with Crippen LogP contribution in [0.2, 0.25) is 0 Å². The summed E-state index contributed by atoms with van der Waals surface area (Å²) in [7, 11) is 0. The summed E-state index contributed by atoms with van der Waals surface area (Å²) in [4.78, 5) is 3.49. The largest absolute Gasteiger partial charge is 0.280 e. The van der Waals surface area contributed by atoms with E-state index in [0.29, 0.717) is 6.07 Å². The molecule has 0 bridgehead atoms. The molecular weight excluding hydrogens is 214 g/mol. The molecule has 0 saturated carbocycles. The first-order chi connectivity index (χ1) is 7.09. The summed E-state index contributed by atoms with van der Waals surface area (Å²) in [5.74, 6) is 0. The van der Waals surface area contributed by atoms with E-state index in [1.807, 2.05) is 0 Å². The Labute approximate surface area is 81.3 Å². The summed E-state index contributed by atoms with van der Waals surface area (Å²) in [6.07, 6.45) is -4.51. The van der Waals surface area contributed by atoms with Crippen molar-refractivity contribution in [1.29, 1.82) is 0 Å². The highest BCUT2D eigenvalue weighted by Crippen LogP contribution is 2.24. The summed E-state index contributed by atoms with van der Waals surface area (Å²) in [5, 5.41) is 3.57. The maximum absolute atomic E-state index is 12.5. The summed E-state index contributed by atoms with van der Waals surface area (Å²) in [5.41, 5.74) is -1.26. The molecule has 0 aromatic carbocycles. The molecule has 2 aromatic rings. The molecule has 0 unspecified atom stereocenters. The van der Waals surface area contributed by atoms with Crippen molar-refractivity contribution < 1.29 is 17.6 Å². The van der Waals surface area contributed by atoms with E-state index >= 15 is 0 Å². The highest BCUT2D eigenvalue weighted by atomic mass is 19.3. The van der Waals surface area contributed by atoms with Crippen LogP contribution in [0.5, 0.6) is 0 Å². The van der Waals surface area contributed by atoms with Gasteiger partial charge in [0.15, 0.2) is 5.65 Å². The Kier molecular flexibility index (Phi) is 2.29. The molecule has 15 heavy (non-hydrogen) atoms. The van der Waals surface area contributed by atoms with Gasteiger partial charge in [0.2, 0.25) is 0 Å². The zero-order valence-electron chi connectivity index (χ0n) is 7.24. The van der Waals surface area contributed by atoms with Crippen LogP contribution in [0.15, 0.2) is 18.3 Å². The van der Waals surface area contributed by atoms with E-state index in [1.165, 1.54) is 12.3 Å². The van der Waals surface area contributed by atoms with Gasteiger partial charge in [-0.05, 0) is 6.07 Å². The van der Waals surface area contributed by atoms with Crippen molar-refractivity contribution in [2.75, 3.05) is 0 Å². The third-order valence-corrected chi connectivity index (χ3v) is 1.85. The molecule has 2 rings (SSSR count). The second-order valence-corrected chi connectivity index (χ2v) is 2.81. The molecule has 0 radical (unpaired) electrons. The molecule has 0 atom stereocenters. The fourth-order valence-corrected chi connectivity index (χ4v) is 1.22. The van der Waals surface area contributed by atoms with E-state index in [2.05, 4.69) is 10.1 Å². The lowest BCUT2D eigenvalue weighted by Gasteiger charge is -2.06. The van der Waals surface area contributed by atoms with Crippen LogP contribution in [0.1, 0.15) is 24.2 Å². The maximum atomic E-state index is 12.5. The number of aromatic nitrogens is 3. The van der Waals surface area contributed by atoms with Crippen LogP contribution >= 0.6 is 0 Å². The quantitative estimate of drug-likeness (QED) is 0.726. The normalized spacial score (nSPS) is 11.9. The van der Waals surface area contributed by atoms with Gasteiger partial charge in [0, 0.05) is 6.07 Å². The lowest BCUT2D eigenvalue weighted by Crippen LogP contribution is -2.04. The molecule has 0 amide bonds. The fourth-order valence-electron chi connectivity index (χ4n) is 1.22. The van der Waals surface area contributed by atoms with Gasteiger partial charge in [0.25, 0.3) is 12.9 Å². The summed E-state index contributed by atoms with van der Waals surface area (Å²) < 4.78 is 50.4. The Bertz CT molecular complexity index is 480. The van der Waals surface area contributed by atoms with Crippen LogP contribution < -0.4 is 0 Å². The maximum Gasteiger partial charge on any atom is 0.280 e. The van der Waals surface area contributed by atoms with Crippen molar-refractivity contribution in [2.24, 2.45) is 0 Å². The summed E-state index contributed by atoms with van der Waals surface area (Å²) in [6.45, 7) is 0. The third-order valence-electron chi connectivity index (χ3n) is 1.85. The minimum Gasteiger partial charge on any atom is -0.228 e. The van der Waals surface area contributed by atoms with Gasteiger partial charge >= 0.3 is 0 Å². The highest BCUT2D eigenvalue weighted by molar-refractivity contribution is 5.39.